The van der Waals surface area contributed by atoms with Crippen LogP contribution in [-0.2, 0) is 62.0 Å². The molecule has 2 amide bonds. The number of nitrogens with one attached hydrogen (secondary N) is 3. The van der Waals surface area contributed by atoms with E-state index < -0.39 is 57.7 Å². The third-order valence-electron chi connectivity index (χ3n) is 9.36. The Labute approximate surface area is 401 Å². The van der Waals surface area contributed by atoms with Gasteiger partial charge in [-0.15, -0.1) is 23.5 Å². The zero-order valence-electron chi connectivity index (χ0n) is 38.2. The van der Waals surface area contributed by atoms with Crippen LogP contribution in [0.25, 0.3) is 22.8 Å². The Kier molecular flexibility index (Phi) is 20.6. The molecule has 0 saturated heterocycles. The lowest BCUT2D eigenvalue weighted by molar-refractivity contribution is -0.152. The lowest BCUT2D eigenvalue weighted by Crippen LogP contribution is -2.39. The van der Waals surface area contributed by atoms with Crippen LogP contribution in [0, 0.1) is 0 Å². The summed E-state index contributed by atoms with van der Waals surface area (Å²) in [5.41, 5.74) is 1.02. The van der Waals surface area contributed by atoms with Crippen molar-refractivity contribution in [3.63, 3.8) is 0 Å². The number of anilines is 1. The SMILES string of the molecule is C=C(C)C(=O)OCC(CSC(C)C(=O)Nc1[nH]c(C=C2N=C(NC(=O)C(C)SC(COC=O)OC=O)C(C(=O)OCC)=C2c2ccccc2)c(-c2ccccc2)c1C(=O)OCC)OC(=O)C(=C)C. The second-order valence-corrected chi connectivity index (χ2v) is 17.5. The van der Waals surface area contributed by atoms with Crippen molar-refractivity contribution in [1.82, 2.24) is 10.3 Å². The van der Waals surface area contributed by atoms with Gasteiger partial charge in [0, 0.05) is 28.0 Å². The van der Waals surface area contributed by atoms with Crippen molar-refractivity contribution in [2.75, 3.05) is 37.5 Å². The number of nitrogens with zero attached hydrogens (tertiary/aromatic N) is 1. The predicted octanol–water partition coefficient (Wildman–Crippen LogP) is 6.21. The third kappa shape index (κ3) is 14.7. The monoisotopic (exact) mass is 972 g/mol. The van der Waals surface area contributed by atoms with Gasteiger partial charge in [-0.05, 0) is 58.7 Å². The molecule has 18 nitrogen and oxygen atoms in total. The van der Waals surface area contributed by atoms with E-state index in [-0.39, 0.29) is 96.0 Å². The van der Waals surface area contributed by atoms with Gasteiger partial charge in [0.05, 0.1) is 35.1 Å². The first-order valence-electron chi connectivity index (χ1n) is 21.0. The number of aromatic amines is 1. The number of amides is 2. The lowest BCUT2D eigenvalue weighted by Gasteiger charge is -2.20. The van der Waals surface area contributed by atoms with Crippen molar-refractivity contribution >= 4 is 95.5 Å². The van der Waals surface area contributed by atoms with E-state index in [0.717, 1.165) is 23.5 Å². The van der Waals surface area contributed by atoms with Crippen molar-refractivity contribution in [2.45, 2.75) is 63.6 Å². The Morgan fingerprint density at radius 1 is 0.765 bits per heavy atom. The van der Waals surface area contributed by atoms with Crippen molar-refractivity contribution in [3.8, 4) is 11.1 Å². The Morgan fingerprint density at radius 2 is 1.37 bits per heavy atom. The maximum atomic E-state index is 14.0. The third-order valence-corrected chi connectivity index (χ3v) is 11.8. The number of hydrogen-bond donors (Lipinski definition) is 3. The minimum atomic E-state index is -1.03. The molecule has 1 aliphatic rings. The summed E-state index contributed by atoms with van der Waals surface area (Å²) in [6.45, 7) is 16.1. The molecule has 2 heterocycles. The van der Waals surface area contributed by atoms with E-state index in [0.29, 0.717) is 16.7 Å². The zero-order valence-corrected chi connectivity index (χ0v) is 39.9. The predicted molar refractivity (Wildman–Crippen MR) is 257 cm³/mol. The van der Waals surface area contributed by atoms with Gasteiger partial charge >= 0.3 is 23.9 Å². The number of aromatic nitrogens is 1. The van der Waals surface area contributed by atoms with Crippen LogP contribution in [0.2, 0.25) is 0 Å². The first-order chi connectivity index (χ1) is 32.5. The number of amidine groups is 1. The van der Waals surface area contributed by atoms with Crippen molar-refractivity contribution in [3.05, 3.63) is 113 Å². The second kappa shape index (κ2) is 26.2. The van der Waals surface area contributed by atoms with Gasteiger partial charge in [-0.25, -0.2) is 24.2 Å². The van der Waals surface area contributed by atoms with E-state index in [1.54, 1.807) is 87.5 Å². The van der Waals surface area contributed by atoms with Gasteiger partial charge in [0.15, 0.2) is 5.44 Å². The Balaban J connectivity index is 1.86. The first kappa shape index (κ1) is 53.4. The van der Waals surface area contributed by atoms with Crippen LogP contribution in [0.5, 0.6) is 0 Å². The van der Waals surface area contributed by atoms with Gasteiger partial charge in [0.1, 0.15) is 42.1 Å². The molecule has 3 aromatic rings. The highest BCUT2D eigenvalue weighted by Gasteiger charge is 2.35. The summed E-state index contributed by atoms with van der Waals surface area (Å²) < 4.78 is 31.4. The smallest absolute Gasteiger partial charge is 0.342 e. The number of rotatable bonds is 25. The Bertz CT molecular complexity index is 2480. The minimum absolute atomic E-state index is 0.0193. The molecule has 4 unspecified atom stereocenters. The molecule has 1 aliphatic heterocycles. The summed E-state index contributed by atoms with van der Waals surface area (Å²) in [6.07, 6.45) is 0.590. The lowest BCUT2D eigenvalue weighted by atomic mass is 9.96. The largest absolute Gasteiger partial charge is 0.463 e. The number of aliphatic imine (C=N–C) groups is 1. The minimum Gasteiger partial charge on any atom is -0.463 e. The molecule has 3 N–H and O–H groups in total. The number of thioether (sulfide) groups is 2. The van der Waals surface area contributed by atoms with Crippen LogP contribution in [0.1, 0.15) is 63.2 Å². The van der Waals surface area contributed by atoms with Crippen molar-refractivity contribution < 1.29 is 66.8 Å². The number of hydrogen-bond acceptors (Lipinski definition) is 17. The summed E-state index contributed by atoms with van der Waals surface area (Å²) >= 11 is 1.95. The molecule has 0 saturated carbocycles. The van der Waals surface area contributed by atoms with Crippen LogP contribution in [0.15, 0.2) is 101 Å². The standard InChI is InChI=1S/C48H52N4O14S2/c1-9-62-47(59)39-37(31-17-13-11-14-18-31)34(49-41(39)51-43(55)29(7)67-24-33(66-46(58)28(5)6)22-64-45(57)27(3)4)21-35-38(32-19-15-12-16-20-32)40(48(60)63-10-2)42(50-35)52-44(56)30(8)68-36(65-26-54)23-61-25-53/h11-21,25-26,29-30,33,36,49H,3,5,9-10,22-24H2,1-2,4,6-8H3,(H,51,55)(H,50,52,56). The van der Waals surface area contributed by atoms with E-state index in [1.807, 2.05) is 0 Å². The molecular weight excluding hydrogens is 921 g/mol. The summed E-state index contributed by atoms with van der Waals surface area (Å²) in [5.74, 6) is -4.45. The number of benzene rings is 2. The summed E-state index contributed by atoms with van der Waals surface area (Å²) in [6, 6.07) is 17.5. The molecule has 0 radical (unpaired) electrons. The number of esters is 4. The van der Waals surface area contributed by atoms with Gasteiger partial charge in [0.2, 0.25) is 11.8 Å². The molecule has 360 valence electrons. The molecular formula is C48H52N4O14S2. The van der Waals surface area contributed by atoms with Crippen LogP contribution >= 0.6 is 23.5 Å². The maximum absolute atomic E-state index is 14.0. The van der Waals surface area contributed by atoms with E-state index in [9.17, 15) is 38.4 Å². The molecule has 4 rings (SSSR count). The van der Waals surface area contributed by atoms with Crippen LogP contribution in [-0.4, -0.2) is 114 Å². The van der Waals surface area contributed by atoms with E-state index in [4.69, 9.17) is 33.4 Å². The Hall–Kier alpha value is -7.19. The maximum Gasteiger partial charge on any atom is 0.342 e. The number of carbonyl (C=O) groups excluding carboxylic acids is 8. The summed E-state index contributed by atoms with van der Waals surface area (Å²) in [4.78, 5) is 110. The number of allylic oxidation sites excluding steroid dienone is 1. The van der Waals surface area contributed by atoms with Gasteiger partial charge in [0.25, 0.3) is 12.9 Å². The topological polar surface area (TPSA) is 244 Å². The average Bonchev–Trinajstić information content (AvgIpc) is 3.86. The van der Waals surface area contributed by atoms with Gasteiger partial charge in [-0.3, -0.25) is 19.2 Å². The molecule has 2 aromatic carbocycles. The molecule has 20 heteroatoms. The fourth-order valence-electron chi connectivity index (χ4n) is 6.15. The van der Waals surface area contributed by atoms with Gasteiger partial charge in [-0.1, -0.05) is 73.8 Å². The Morgan fingerprint density at radius 3 is 1.96 bits per heavy atom. The van der Waals surface area contributed by atoms with Gasteiger partial charge < -0.3 is 44.0 Å². The quantitative estimate of drug-likeness (QED) is 0.0281. The van der Waals surface area contributed by atoms with E-state index in [1.165, 1.54) is 20.8 Å². The van der Waals surface area contributed by atoms with E-state index >= 15 is 0 Å². The summed E-state index contributed by atoms with van der Waals surface area (Å²) in [5, 5.41) is 3.74. The number of H-pyrrole nitrogens is 1. The molecule has 1 aromatic heterocycles. The number of carbonyl (C=O) groups is 8. The fraction of sp³-hybridized carbons (Fsp3) is 0.312. The molecule has 4 atom stereocenters. The average molecular weight is 973 g/mol. The van der Waals surface area contributed by atoms with Crippen molar-refractivity contribution in [2.24, 2.45) is 4.99 Å². The molecule has 0 fully saturated rings. The van der Waals surface area contributed by atoms with Gasteiger partial charge in [-0.2, -0.15) is 0 Å². The highest BCUT2D eigenvalue weighted by molar-refractivity contribution is 8.01. The molecule has 0 bridgehead atoms. The number of ether oxygens (including phenoxy) is 6. The van der Waals surface area contributed by atoms with Crippen LogP contribution in [0.4, 0.5) is 5.82 Å². The molecule has 68 heavy (non-hydrogen) atoms. The molecule has 0 spiro atoms. The summed E-state index contributed by atoms with van der Waals surface area (Å²) in [7, 11) is 0. The first-order valence-corrected chi connectivity index (χ1v) is 23.0. The van der Waals surface area contributed by atoms with E-state index in [2.05, 4.69) is 28.8 Å². The normalized spacial score (nSPS) is 14.3. The highest BCUT2D eigenvalue weighted by atomic mass is 32.2. The fourth-order valence-corrected chi connectivity index (χ4v) is 7.94. The van der Waals surface area contributed by atoms with Crippen LogP contribution in [0.3, 0.4) is 0 Å². The second-order valence-electron chi connectivity index (χ2n) is 14.6. The van der Waals surface area contributed by atoms with Crippen LogP contribution < -0.4 is 10.6 Å². The van der Waals surface area contributed by atoms with Crippen molar-refractivity contribution in [1.29, 1.82) is 0 Å². The molecule has 0 aliphatic carbocycles. The zero-order chi connectivity index (χ0) is 49.9. The highest BCUT2D eigenvalue weighted by Crippen LogP contribution is 2.40.